The van der Waals surface area contributed by atoms with Gasteiger partial charge in [0.25, 0.3) is 5.91 Å². The molecule has 5 heteroatoms. The number of benzene rings is 3. The third-order valence-electron chi connectivity index (χ3n) is 5.29. The Morgan fingerprint density at radius 2 is 1.62 bits per heavy atom. The fourth-order valence-electron chi connectivity index (χ4n) is 3.89. The van der Waals surface area contributed by atoms with E-state index in [0.29, 0.717) is 17.7 Å². The number of carbonyl (C=O) groups excluding carboxylic acids is 2. The highest BCUT2D eigenvalue weighted by molar-refractivity contribution is 6.07. The first kappa shape index (κ1) is 19.0. The van der Waals surface area contributed by atoms with Gasteiger partial charge in [0.2, 0.25) is 0 Å². The van der Waals surface area contributed by atoms with E-state index in [1.54, 1.807) is 0 Å². The van der Waals surface area contributed by atoms with Gasteiger partial charge in [-0.3, -0.25) is 10.1 Å². The van der Waals surface area contributed by atoms with Crippen molar-refractivity contribution >= 4 is 28.5 Å². The number of anilines is 1. The molecule has 1 aliphatic rings. The van der Waals surface area contributed by atoms with E-state index in [9.17, 15) is 9.59 Å². The van der Waals surface area contributed by atoms with Crippen LogP contribution in [0.3, 0.4) is 0 Å². The minimum absolute atomic E-state index is 0.00950. The number of hydrogen-bond acceptors (Lipinski definition) is 3. The van der Waals surface area contributed by atoms with E-state index in [2.05, 4.69) is 10.6 Å². The quantitative estimate of drug-likeness (QED) is 0.651. The van der Waals surface area contributed by atoms with E-state index >= 15 is 0 Å². The van der Waals surface area contributed by atoms with Crippen molar-refractivity contribution in [3.8, 4) is 0 Å². The van der Waals surface area contributed by atoms with Gasteiger partial charge in [-0.15, -0.1) is 0 Å². The van der Waals surface area contributed by atoms with Crippen LogP contribution in [0.5, 0.6) is 0 Å². The summed E-state index contributed by atoms with van der Waals surface area (Å²) in [7, 11) is 0. The van der Waals surface area contributed by atoms with Crippen LogP contribution < -0.4 is 10.6 Å². The van der Waals surface area contributed by atoms with Crippen molar-refractivity contribution in [3.63, 3.8) is 0 Å². The fourth-order valence-corrected chi connectivity index (χ4v) is 3.89. The first-order valence-corrected chi connectivity index (χ1v) is 10.0. The molecule has 0 aromatic heterocycles. The molecule has 148 valence electrons. The van der Waals surface area contributed by atoms with Crippen LogP contribution in [-0.2, 0) is 4.74 Å². The highest BCUT2D eigenvalue weighted by atomic mass is 16.6. The van der Waals surface area contributed by atoms with Crippen molar-refractivity contribution in [1.82, 2.24) is 5.32 Å². The molecule has 5 nitrogen and oxygen atoms in total. The topological polar surface area (TPSA) is 67.4 Å². The van der Waals surface area contributed by atoms with Crippen LogP contribution in [-0.4, -0.2) is 24.1 Å². The number of para-hydroxylation sites is 1. The van der Waals surface area contributed by atoms with Gasteiger partial charge in [-0.2, -0.15) is 0 Å². The van der Waals surface area contributed by atoms with Gasteiger partial charge in [-0.05, 0) is 48.2 Å². The van der Waals surface area contributed by atoms with Gasteiger partial charge in [0.1, 0.15) is 6.10 Å². The molecule has 0 saturated heterocycles. The number of nitrogens with one attached hydrogen (secondary N) is 2. The van der Waals surface area contributed by atoms with Crippen LogP contribution in [0.25, 0.3) is 10.8 Å². The van der Waals surface area contributed by atoms with Crippen molar-refractivity contribution in [2.45, 2.75) is 37.8 Å². The molecule has 4 rings (SSSR count). The number of fused-ring (bicyclic) bond motifs is 1. The summed E-state index contributed by atoms with van der Waals surface area (Å²) in [6, 6.07) is 22.8. The Kier molecular flexibility index (Phi) is 5.75. The smallest absolute Gasteiger partial charge is 0.411 e. The average Bonchev–Trinajstić information content (AvgIpc) is 2.74. The molecule has 0 bridgehead atoms. The van der Waals surface area contributed by atoms with Gasteiger partial charge < -0.3 is 10.1 Å². The molecule has 0 heterocycles. The highest BCUT2D eigenvalue weighted by Gasteiger charge is 2.26. The second-order valence-corrected chi connectivity index (χ2v) is 7.38. The van der Waals surface area contributed by atoms with Crippen LogP contribution >= 0.6 is 0 Å². The molecule has 29 heavy (non-hydrogen) atoms. The van der Waals surface area contributed by atoms with Crippen molar-refractivity contribution in [2.24, 2.45) is 0 Å². The van der Waals surface area contributed by atoms with Gasteiger partial charge >= 0.3 is 6.09 Å². The zero-order valence-corrected chi connectivity index (χ0v) is 16.1. The Hall–Kier alpha value is -3.34. The van der Waals surface area contributed by atoms with E-state index in [-0.39, 0.29) is 18.1 Å². The van der Waals surface area contributed by atoms with E-state index in [0.717, 1.165) is 30.0 Å². The van der Waals surface area contributed by atoms with E-state index < -0.39 is 6.09 Å². The summed E-state index contributed by atoms with van der Waals surface area (Å²) >= 11 is 0. The monoisotopic (exact) mass is 388 g/mol. The van der Waals surface area contributed by atoms with Crippen LogP contribution in [0.1, 0.15) is 36.0 Å². The zero-order valence-electron chi connectivity index (χ0n) is 16.1. The lowest BCUT2D eigenvalue weighted by Gasteiger charge is -2.29. The lowest BCUT2D eigenvalue weighted by molar-refractivity contribution is 0.0713. The summed E-state index contributed by atoms with van der Waals surface area (Å²) in [6.07, 6.45) is 2.56. The Morgan fingerprint density at radius 3 is 2.48 bits per heavy atom. The predicted octanol–water partition coefficient (Wildman–Crippen LogP) is 5.13. The van der Waals surface area contributed by atoms with E-state index in [4.69, 9.17) is 4.74 Å². The number of carbonyl (C=O) groups is 2. The molecule has 0 radical (unpaired) electrons. The molecule has 0 aliphatic heterocycles. The van der Waals surface area contributed by atoms with Gasteiger partial charge in [0, 0.05) is 23.7 Å². The molecule has 1 saturated carbocycles. The van der Waals surface area contributed by atoms with Crippen LogP contribution in [0.15, 0.2) is 72.8 Å². The van der Waals surface area contributed by atoms with Gasteiger partial charge in [-0.25, -0.2) is 4.79 Å². The first-order chi connectivity index (χ1) is 14.2. The summed E-state index contributed by atoms with van der Waals surface area (Å²) in [5.74, 6) is -0.0822. The summed E-state index contributed by atoms with van der Waals surface area (Å²) in [4.78, 5) is 25.0. The predicted molar refractivity (Wildman–Crippen MR) is 114 cm³/mol. The molecule has 0 spiro atoms. The van der Waals surface area contributed by atoms with E-state index in [1.807, 2.05) is 72.8 Å². The largest absolute Gasteiger partial charge is 0.446 e. The lowest BCUT2D eigenvalue weighted by atomic mass is 9.92. The standard InChI is InChI=1S/C24H24N2O3/c27-23(22-15-6-9-17-8-4-5-14-21(17)22)25-19-12-7-13-20(16-19)29-24(28)26-18-10-2-1-3-11-18/h1-6,8-11,14-15,19-20H,7,12-13,16H2,(H,25,27)(H,26,28)/t19-,20-/m0/s1. The summed E-state index contributed by atoms with van der Waals surface area (Å²) < 4.78 is 5.58. The molecular formula is C24H24N2O3. The first-order valence-electron chi connectivity index (χ1n) is 10.0. The third kappa shape index (κ3) is 4.74. The summed E-state index contributed by atoms with van der Waals surface area (Å²) in [6.45, 7) is 0. The molecule has 2 amide bonds. The van der Waals surface area contributed by atoms with Gasteiger partial charge in [-0.1, -0.05) is 54.6 Å². The number of rotatable bonds is 4. The zero-order chi connectivity index (χ0) is 20.1. The molecule has 2 atom stereocenters. The summed E-state index contributed by atoms with van der Waals surface area (Å²) in [5, 5.41) is 7.86. The Bertz CT molecular complexity index is 998. The molecule has 0 unspecified atom stereocenters. The van der Waals surface area contributed by atoms with Crippen LogP contribution in [0, 0.1) is 0 Å². The van der Waals surface area contributed by atoms with Crippen molar-refractivity contribution in [3.05, 3.63) is 78.4 Å². The molecular weight excluding hydrogens is 364 g/mol. The number of ether oxygens (including phenoxy) is 1. The van der Waals surface area contributed by atoms with Crippen LogP contribution in [0.4, 0.5) is 10.5 Å². The maximum absolute atomic E-state index is 12.9. The average molecular weight is 388 g/mol. The second kappa shape index (κ2) is 8.78. The molecule has 1 fully saturated rings. The SMILES string of the molecule is O=C(Nc1ccccc1)O[C@H]1CCC[C@H](NC(=O)c2cccc3ccccc23)C1. The third-order valence-corrected chi connectivity index (χ3v) is 5.29. The molecule has 1 aliphatic carbocycles. The maximum Gasteiger partial charge on any atom is 0.411 e. The summed E-state index contributed by atoms with van der Waals surface area (Å²) in [5.41, 5.74) is 1.38. The van der Waals surface area contributed by atoms with Crippen LogP contribution in [0.2, 0.25) is 0 Å². The minimum Gasteiger partial charge on any atom is -0.446 e. The minimum atomic E-state index is -0.456. The van der Waals surface area contributed by atoms with Crippen molar-refractivity contribution in [1.29, 1.82) is 0 Å². The molecule has 3 aromatic carbocycles. The van der Waals surface area contributed by atoms with Crippen molar-refractivity contribution < 1.29 is 14.3 Å². The van der Waals surface area contributed by atoms with E-state index in [1.165, 1.54) is 0 Å². The van der Waals surface area contributed by atoms with Gasteiger partial charge in [0.15, 0.2) is 0 Å². The maximum atomic E-state index is 12.9. The lowest BCUT2D eigenvalue weighted by Crippen LogP contribution is -2.41. The fraction of sp³-hybridized carbons (Fsp3) is 0.250. The highest BCUT2D eigenvalue weighted by Crippen LogP contribution is 2.24. The Morgan fingerprint density at radius 1 is 0.862 bits per heavy atom. The Labute approximate surface area is 170 Å². The van der Waals surface area contributed by atoms with Crippen molar-refractivity contribution in [2.75, 3.05) is 5.32 Å². The number of hydrogen-bond donors (Lipinski definition) is 2. The van der Waals surface area contributed by atoms with Gasteiger partial charge in [0.05, 0.1) is 0 Å². The number of amides is 2. The normalized spacial score (nSPS) is 18.8. The molecule has 2 N–H and O–H groups in total. The Balaban J connectivity index is 1.36. The molecule has 3 aromatic rings. The second-order valence-electron chi connectivity index (χ2n) is 7.38.